The topological polar surface area (TPSA) is 192 Å². The number of carboxylic acids is 1. The van der Waals surface area contributed by atoms with Crippen molar-refractivity contribution in [2.24, 2.45) is 92.7 Å². The van der Waals surface area contributed by atoms with Gasteiger partial charge in [0.1, 0.15) is 12.2 Å². The fourth-order valence-corrected chi connectivity index (χ4v) is 19.8. The molecule has 0 spiro atoms. The van der Waals surface area contributed by atoms with Crippen molar-refractivity contribution in [1.82, 2.24) is 0 Å². The summed E-state index contributed by atoms with van der Waals surface area (Å²) in [5, 5.41) is 17.2. The molecule has 6 fully saturated rings. The van der Waals surface area contributed by atoms with Crippen molar-refractivity contribution in [1.29, 1.82) is 0 Å². The number of carbonyl (C=O) groups is 4. The van der Waals surface area contributed by atoms with Gasteiger partial charge in [0.2, 0.25) is 0 Å². The van der Waals surface area contributed by atoms with E-state index < -0.39 is 5.97 Å². The number of rotatable bonds is 36. The minimum absolute atomic E-state index is 0.0236. The predicted molar refractivity (Wildman–Crippen MR) is 362 cm³/mol. The Kier molecular flexibility index (Phi) is 33.0. The maximum absolute atomic E-state index is 12.7. The average molecular weight is 1300 g/mol. The average Bonchev–Trinajstić information content (AvgIpc) is 1.37. The van der Waals surface area contributed by atoms with Crippen LogP contribution in [0.2, 0.25) is 0 Å². The second-order valence-electron chi connectivity index (χ2n) is 31.4. The summed E-state index contributed by atoms with van der Waals surface area (Å²) in [7, 11) is 3.27. The first-order valence-electron chi connectivity index (χ1n) is 37.1. The quantitative estimate of drug-likeness (QED) is 0.0260. The van der Waals surface area contributed by atoms with Crippen molar-refractivity contribution in [3.63, 3.8) is 0 Å². The van der Waals surface area contributed by atoms with Gasteiger partial charge in [-0.15, -0.1) is 0 Å². The number of hydrogen-bond donors (Lipinski definition) is 2. The van der Waals surface area contributed by atoms with Crippen LogP contribution in [-0.2, 0) is 61.8 Å². The summed E-state index contributed by atoms with van der Waals surface area (Å²) in [5.74, 6) is 7.98. The Labute approximate surface area is 557 Å². The molecule has 6 unspecified atom stereocenters. The van der Waals surface area contributed by atoms with Crippen LogP contribution in [0, 0.1) is 92.7 Å². The van der Waals surface area contributed by atoms with Crippen LogP contribution in [0.15, 0.2) is 23.3 Å². The molecule has 0 amide bonds. The van der Waals surface area contributed by atoms with E-state index in [9.17, 15) is 19.2 Å². The summed E-state index contributed by atoms with van der Waals surface area (Å²) in [6, 6.07) is 0. The zero-order valence-corrected chi connectivity index (χ0v) is 60.0. The Morgan fingerprint density at radius 1 is 0.467 bits per heavy atom. The highest BCUT2D eigenvalue weighted by Gasteiger charge is 2.61. The molecular formula is C77H132O15. The third-order valence-corrected chi connectivity index (χ3v) is 24.7. The molecule has 15 nitrogen and oxygen atoms in total. The first-order chi connectivity index (χ1) is 44.0. The number of carboxylic acid groups (broad SMARTS) is 1. The van der Waals surface area contributed by atoms with Gasteiger partial charge in [-0.05, 0) is 183 Å². The van der Waals surface area contributed by atoms with Gasteiger partial charge < -0.3 is 52.8 Å². The molecule has 92 heavy (non-hydrogen) atoms. The number of carbonyl (C=O) groups excluding carboxylic acids is 3. The van der Waals surface area contributed by atoms with Crippen LogP contribution in [0.1, 0.15) is 243 Å². The number of aliphatic hydroxyl groups excluding tert-OH is 1. The van der Waals surface area contributed by atoms with Gasteiger partial charge in [-0.1, -0.05) is 131 Å². The molecule has 0 saturated heterocycles. The van der Waals surface area contributed by atoms with Crippen molar-refractivity contribution in [2.75, 3.05) is 93.5 Å². The molecular weight excluding hydrogens is 1160 g/mol. The smallest absolute Gasteiger partial charge is 0.306 e. The lowest BCUT2D eigenvalue weighted by molar-refractivity contribution is -0.155. The Bertz CT molecular complexity index is 2260. The first-order valence-corrected chi connectivity index (χ1v) is 37.1. The molecule has 0 aliphatic heterocycles. The summed E-state index contributed by atoms with van der Waals surface area (Å²) in [6.07, 6.45) is 33.0. The highest BCUT2D eigenvalue weighted by molar-refractivity contribution is 5.78. The monoisotopic (exact) mass is 1300 g/mol. The maximum atomic E-state index is 12.7. The first kappa shape index (κ1) is 78.1. The van der Waals surface area contributed by atoms with Crippen LogP contribution in [0.4, 0.5) is 0 Å². The molecule has 0 aromatic heterocycles. The lowest BCUT2D eigenvalue weighted by atomic mass is 9.47. The molecule has 0 bridgehead atoms. The number of ether oxygens (including phenoxy) is 9. The van der Waals surface area contributed by atoms with Gasteiger partial charge in [0.15, 0.2) is 0 Å². The summed E-state index contributed by atoms with van der Waals surface area (Å²) >= 11 is 0. The molecule has 530 valence electrons. The van der Waals surface area contributed by atoms with Crippen molar-refractivity contribution in [2.45, 2.75) is 255 Å². The van der Waals surface area contributed by atoms with Gasteiger partial charge in [-0.25, -0.2) is 0 Å². The van der Waals surface area contributed by atoms with Gasteiger partial charge in [0, 0.05) is 40.1 Å². The SMILES string of the molecule is CC(C)CCC[C@@H](C)[C@H]1CCC2C3CC=C4C[C@@H](OC(=O)CCC(=O)O)CC[C@]4(C)C3CC[C@@]21C.COCCOCCOCCCOC(=O)CCC(=O)O[C@H]1CC[C@@]2(C)C(=CCC3C2CC[C@@]2(C)C3CC[C@@H]2[C@H](C)CCCC(C)C)C1.COCCOCCOCCO. The number of allylic oxidation sites excluding steroid dienone is 2. The molecule has 8 aliphatic carbocycles. The largest absolute Gasteiger partial charge is 0.481 e. The minimum Gasteiger partial charge on any atom is -0.481 e. The van der Waals surface area contributed by atoms with E-state index in [1.165, 1.54) is 114 Å². The summed E-state index contributed by atoms with van der Waals surface area (Å²) in [6.45, 7) is 30.5. The van der Waals surface area contributed by atoms with Crippen molar-refractivity contribution in [3.05, 3.63) is 23.3 Å². The van der Waals surface area contributed by atoms with E-state index in [4.69, 9.17) is 52.8 Å². The van der Waals surface area contributed by atoms with Crippen LogP contribution < -0.4 is 0 Å². The Balaban J connectivity index is 0.000000257. The molecule has 0 radical (unpaired) electrons. The Morgan fingerprint density at radius 3 is 1.30 bits per heavy atom. The number of aliphatic hydroxyl groups is 1. The third-order valence-electron chi connectivity index (χ3n) is 24.7. The summed E-state index contributed by atoms with van der Waals surface area (Å²) in [5.41, 5.74) is 4.54. The highest BCUT2D eigenvalue weighted by atomic mass is 16.6. The fraction of sp³-hybridized carbons (Fsp3) is 0.896. The lowest BCUT2D eigenvalue weighted by Gasteiger charge is -2.58. The normalized spacial score (nSPS) is 32.5. The van der Waals surface area contributed by atoms with Gasteiger partial charge in [0.05, 0.1) is 98.4 Å². The molecule has 16 atom stereocenters. The van der Waals surface area contributed by atoms with Gasteiger partial charge in [-0.2, -0.15) is 0 Å². The highest BCUT2D eigenvalue weighted by Crippen LogP contribution is 2.69. The molecule has 2 N–H and O–H groups in total. The van der Waals surface area contributed by atoms with Crippen molar-refractivity contribution in [3.8, 4) is 0 Å². The van der Waals surface area contributed by atoms with Crippen LogP contribution in [0.3, 0.4) is 0 Å². The lowest BCUT2D eigenvalue weighted by Crippen LogP contribution is -2.51. The van der Waals surface area contributed by atoms with Gasteiger partial charge in [-0.3, -0.25) is 19.2 Å². The predicted octanol–water partition coefficient (Wildman–Crippen LogP) is 15.8. The maximum Gasteiger partial charge on any atom is 0.306 e. The number of hydrogen-bond acceptors (Lipinski definition) is 14. The van der Waals surface area contributed by atoms with Gasteiger partial charge in [0.25, 0.3) is 0 Å². The van der Waals surface area contributed by atoms with Gasteiger partial charge >= 0.3 is 23.9 Å². The molecule has 8 aliphatic rings. The van der Waals surface area contributed by atoms with Crippen LogP contribution in [0.5, 0.6) is 0 Å². The molecule has 0 heterocycles. The number of methoxy groups -OCH3 is 2. The Morgan fingerprint density at radius 2 is 0.880 bits per heavy atom. The van der Waals surface area contributed by atoms with E-state index in [1.54, 1.807) is 14.2 Å². The summed E-state index contributed by atoms with van der Waals surface area (Å²) in [4.78, 5) is 47.7. The zero-order valence-electron chi connectivity index (χ0n) is 60.0. The third kappa shape index (κ3) is 22.0. The van der Waals surface area contributed by atoms with E-state index in [-0.39, 0.29) is 79.8 Å². The van der Waals surface area contributed by atoms with Crippen LogP contribution in [0.25, 0.3) is 0 Å². The van der Waals surface area contributed by atoms with E-state index in [0.29, 0.717) is 83.3 Å². The molecule has 0 aromatic carbocycles. The van der Waals surface area contributed by atoms with Crippen LogP contribution >= 0.6 is 0 Å². The standard InChI is InChI=1S/C39H66O7.C31H50O4.C7H16O4/c1-28(2)9-7-10-29(3)33-13-14-34-32-12-11-30-27-31(17-19-38(30,4)35(32)18-20-39(33,34)5)46-37(41)16-15-36(40)45-22-8-21-43-25-26-44-24-23-42-6;1-20(2)7-6-8-21(3)25-11-12-26-24-10-9-22-19-23(35-29(34)14-13-28(32)33)15-17-30(22,4)27(24)16-18-31(25,26)5;1-9-4-5-11-7-6-10-3-2-8/h11,28-29,31-35H,7-10,12-27H2,1-6H3;9,20-21,23-27H,6-8,10-19H2,1-5H3,(H,32,33);8H,2-7H2,1H3/t29-,31+,32?,33-,34?,35?,38+,39-;21-,23+,24?,25-,26?,27?,30+,31-;/m11./s1. The second-order valence-corrected chi connectivity index (χ2v) is 31.4. The number of esters is 3. The zero-order chi connectivity index (χ0) is 66.9. The number of fused-ring (bicyclic) bond motifs is 10. The Hall–Kier alpha value is -2.92. The fourth-order valence-electron chi connectivity index (χ4n) is 19.8. The molecule has 6 saturated carbocycles. The second kappa shape index (κ2) is 38.9. The van der Waals surface area contributed by atoms with Crippen molar-refractivity contribution < 1.29 is 72.0 Å². The number of aliphatic carboxylic acids is 1. The molecule has 8 rings (SSSR count). The van der Waals surface area contributed by atoms with Crippen molar-refractivity contribution >= 4 is 23.9 Å². The van der Waals surface area contributed by atoms with E-state index >= 15 is 0 Å². The van der Waals surface area contributed by atoms with E-state index in [1.807, 2.05) is 0 Å². The molecule has 15 heteroatoms. The molecule has 0 aromatic rings. The van der Waals surface area contributed by atoms with E-state index in [2.05, 4.69) is 81.4 Å². The van der Waals surface area contributed by atoms with E-state index in [0.717, 1.165) is 110 Å². The summed E-state index contributed by atoms with van der Waals surface area (Å²) < 4.78 is 47.4. The van der Waals surface area contributed by atoms with Crippen LogP contribution in [-0.4, -0.2) is 140 Å². The minimum atomic E-state index is -0.942.